The summed E-state index contributed by atoms with van der Waals surface area (Å²) in [5.41, 5.74) is 5.51. The van der Waals surface area contributed by atoms with Gasteiger partial charge in [-0.15, -0.1) is 10.2 Å². The monoisotopic (exact) mass is 529 g/mol. The Morgan fingerprint density at radius 3 is 2.37 bits per heavy atom. The molecule has 4 aromatic rings. The molecule has 8 nitrogen and oxygen atoms in total. The molecule has 4 rings (SSSR count). The second-order valence-corrected chi connectivity index (χ2v) is 9.79. The highest BCUT2D eigenvalue weighted by Gasteiger charge is 2.21. The fourth-order valence-corrected chi connectivity index (χ4v) is 4.87. The van der Waals surface area contributed by atoms with Gasteiger partial charge in [0.15, 0.2) is 11.0 Å². The van der Waals surface area contributed by atoms with Gasteiger partial charge in [0.2, 0.25) is 0 Å². The number of hydrogen-bond acceptors (Lipinski definition) is 6. The van der Waals surface area contributed by atoms with Gasteiger partial charge in [0.25, 0.3) is 0 Å². The maximum atomic E-state index is 12.8. The predicted octanol–water partition coefficient (Wildman–Crippen LogP) is 6.24. The van der Waals surface area contributed by atoms with Gasteiger partial charge in [-0.05, 0) is 75.2 Å². The average molecular weight is 530 g/mol. The van der Waals surface area contributed by atoms with Crippen molar-refractivity contribution >= 4 is 29.4 Å². The van der Waals surface area contributed by atoms with Crippen LogP contribution >= 0.6 is 11.8 Å². The van der Waals surface area contributed by atoms with E-state index in [1.165, 1.54) is 11.1 Å². The van der Waals surface area contributed by atoms with Crippen LogP contribution < -0.4 is 10.6 Å². The summed E-state index contributed by atoms with van der Waals surface area (Å²) in [6, 6.07) is 22.1. The fourth-order valence-electron chi connectivity index (χ4n) is 3.84. The van der Waals surface area contributed by atoms with Crippen molar-refractivity contribution in [1.29, 1.82) is 0 Å². The van der Waals surface area contributed by atoms with Crippen LogP contribution in [0.4, 0.5) is 10.5 Å². The van der Waals surface area contributed by atoms with Crippen LogP contribution in [0, 0.1) is 13.8 Å². The van der Waals surface area contributed by atoms with E-state index in [4.69, 9.17) is 4.74 Å². The van der Waals surface area contributed by atoms with Crippen LogP contribution in [0.3, 0.4) is 0 Å². The molecule has 1 heterocycles. The number of aryl methyl sites for hydroxylation is 2. The number of anilines is 1. The molecule has 3 aromatic carbocycles. The molecule has 0 spiro atoms. The SMILES string of the molecule is CCOC(=O)c1ccc(NC(=O)N[C@@H](C)c2nnc(SCc3ccccc3C)n2-c2ccc(C)cc2)cc1. The number of thioether (sulfide) groups is 1. The number of carbonyl (C=O) groups excluding carboxylic acids is 2. The van der Waals surface area contributed by atoms with Gasteiger partial charge in [0.05, 0.1) is 18.2 Å². The Labute approximate surface area is 226 Å². The molecule has 0 aliphatic heterocycles. The van der Waals surface area contributed by atoms with Crippen LogP contribution in [-0.4, -0.2) is 33.4 Å². The average Bonchev–Trinajstić information content (AvgIpc) is 3.33. The van der Waals surface area contributed by atoms with Crippen molar-refractivity contribution in [3.8, 4) is 5.69 Å². The molecule has 0 aliphatic rings. The molecule has 0 saturated carbocycles. The Bertz CT molecular complexity index is 1400. The lowest BCUT2D eigenvalue weighted by Crippen LogP contribution is -2.32. The highest BCUT2D eigenvalue weighted by atomic mass is 32.2. The summed E-state index contributed by atoms with van der Waals surface area (Å²) in [5.74, 6) is 0.971. The molecule has 1 aromatic heterocycles. The van der Waals surface area contributed by atoms with Crippen molar-refractivity contribution in [2.24, 2.45) is 0 Å². The molecule has 0 radical (unpaired) electrons. The smallest absolute Gasteiger partial charge is 0.338 e. The first-order valence-electron chi connectivity index (χ1n) is 12.4. The van der Waals surface area contributed by atoms with Crippen molar-refractivity contribution in [3.05, 3.63) is 101 Å². The van der Waals surface area contributed by atoms with E-state index >= 15 is 0 Å². The van der Waals surface area contributed by atoms with Gasteiger partial charge < -0.3 is 15.4 Å². The summed E-state index contributed by atoms with van der Waals surface area (Å²) in [6.45, 7) is 8.07. The Balaban J connectivity index is 1.50. The van der Waals surface area contributed by atoms with Crippen molar-refractivity contribution in [2.75, 3.05) is 11.9 Å². The molecule has 9 heteroatoms. The van der Waals surface area contributed by atoms with Crippen LogP contribution in [0.25, 0.3) is 5.69 Å². The first-order valence-corrected chi connectivity index (χ1v) is 13.4. The first kappa shape index (κ1) is 26.9. The normalized spacial score (nSPS) is 11.6. The standard InChI is InChI=1S/C29H31N5O3S/c1-5-37-27(35)22-12-14-24(15-13-22)31-28(36)30-21(4)26-32-33-29(34(26)25-16-10-19(2)11-17-25)38-18-23-9-7-6-8-20(23)3/h6-17,21H,5,18H2,1-4H3,(H2,30,31,36)/t21-/m0/s1. The number of aromatic nitrogens is 3. The number of nitrogens with one attached hydrogen (secondary N) is 2. The molecule has 196 valence electrons. The second-order valence-electron chi connectivity index (χ2n) is 8.84. The third-order valence-electron chi connectivity index (χ3n) is 5.96. The van der Waals surface area contributed by atoms with Crippen molar-refractivity contribution in [3.63, 3.8) is 0 Å². The third-order valence-corrected chi connectivity index (χ3v) is 6.94. The van der Waals surface area contributed by atoms with Gasteiger partial charge in [-0.2, -0.15) is 0 Å². The maximum absolute atomic E-state index is 12.8. The van der Waals surface area contributed by atoms with Crippen LogP contribution in [0.2, 0.25) is 0 Å². The van der Waals surface area contributed by atoms with E-state index in [-0.39, 0.29) is 0 Å². The summed E-state index contributed by atoms with van der Waals surface area (Å²) in [6.07, 6.45) is 0. The molecule has 0 fully saturated rings. The maximum Gasteiger partial charge on any atom is 0.338 e. The van der Waals surface area contributed by atoms with Crippen LogP contribution in [0.1, 0.15) is 52.8 Å². The molecule has 2 N–H and O–H groups in total. The zero-order valence-corrected chi connectivity index (χ0v) is 22.7. The molecule has 2 amide bonds. The van der Waals surface area contributed by atoms with E-state index < -0.39 is 18.0 Å². The van der Waals surface area contributed by atoms with Gasteiger partial charge in [-0.3, -0.25) is 4.57 Å². The van der Waals surface area contributed by atoms with Gasteiger partial charge in [0, 0.05) is 17.1 Å². The molecule has 1 atom stereocenters. The molecule has 38 heavy (non-hydrogen) atoms. The zero-order chi connectivity index (χ0) is 27.1. The Morgan fingerprint density at radius 2 is 1.68 bits per heavy atom. The number of rotatable bonds is 9. The van der Waals surface area contributed by atoms with Gasteiger partial charge in [-0.25, -0.2) is 9.59 Å². The summed E-state index contributed by atoms with van der Waals surface area (Å²) in [7, 11) is 0. The minimum absolute atomic E-state index is 0.304. The summed E-state index contributed by atoms with van der Waals surface area (Å²) < 4.78 is 6.99. The highest BCUT2D eigenvalue weighted by molar-refractivity contribution is 7.98. The third kappa shape index (κ3) is 6.60. The quantitative estimate of drug-likeness (QED) is 0.197. The van der Waals surface area contributed by atoms with Gasteiger partial charge in [0.1, 0.15) is 0 Å². The van der Waals surface area contributed by atoms with Crippen molar-refractivity contribution in [1.82, 2.24) is 20.1 Å². The van der Waals surface area contributed by atoms with E-state index in [0.717, 1.165) is 22.2 Å². The first-order chi connectivity index (χ1) is 18.4. The zero-order valence-electron chi connectivity index (χ0n) is 21.9. The molecule has 0 saturated heterocycles. The van der Waals surface area contributed by atoms with Crippen molar-refractivity contribution < 1.29 is 14.3 Å². The highest BCUT2D eigenvalue weighted by Crippen LogP contribution is 2.28. The lowest BCUT2D eigenvalue weighted by atomic mass is 10.1. The number of esters is 1. The molecular weight excluding hydrogens is 498 g/mol. The number of hydrogen-bond donors (Lipinski definition) is 2. The largest absolute Gasteiger partial charge is 0.462 e. The molecule has 0 bridgehead atoms. The van der Waals surface area contributed by atoms with Gasteiger partial charge >= 0.3 is 12.0 Å². The van der Waals surface area contributed by atoms with Crippen molar-refractivity contribution in [2.45, 2.75) is 44.6 Å². The van der Waals surface area contributed by atoms with Crippen LogP contribution in [0.15, 0.2) is 78.0 Å². The molecule has 0 aliphatic carbocycles. The Hall–Kier alpha value is -4.11. The van der Waals surface area contributed by atoms with Crippen LogP contribution in [0.5, 0.6) is 0 Å². The lowest BCUT2D eigenvalue weighted by Gasteiger charge is -2.17. The summed E-state index contributed by atoms with van der Waals surface area (Å²) in [5, 5.41) is 15.4. The molecule has 0 unspecified atom stereocenters. The van der Waals surface area contributed by atoms with Crippen LogP contribution in [-0.2, 0) is 10.5 Å². The number of benzene rings is 3. The number of amides is 2. The van der Waals surface area contributed by atoms with E-state index in [2.05, 4.69) is 39.9 Å². The topological polar surface area (TPSA) is 98.1 Å². The Morgan fingerprint density at radius 1 is 0.974 bits per heavy atom. The summed E-state index contributed by atoms with van der Waals surface area (Å²) >= 11 is 1.60. The van der Waals surface area contributed by atoms with E-state index in [1.807, 2.05) is 54.8 Å². The molecular formula is C29H31N5O3S. The predicted molar refractivity (Wildman–Crippen MR) is 150 cm³/mol. The number of nitrogens with zero attached hydrogens (tertiary/aromatic N) is 3. The second kappa shape index (κ2) is 12.4. The van der Waals surface area contributed by atoms with E-state index in [0.29, 0.717) is 23.7 Å². The minimum atomic E-state index is -0.435. The summed E-state index contributed by atoms with van der Waals surface area (Å²) in [4.78, 5) is 24.6. The van der Waals surface area contributed by atoms with E-state index in [9.17, 15) is 9.59 Å². The lowest BCUT2D eigenvalue weighted by molar-refractivity contribution is 0.0526. The van der Waals surface area contributed by atoms with E-state index in [1.54, 1.807) is 43.0 Å². The Kier molecular flexibility index (Phi) is 8.81. The minimum Gasteiger partial charge on any atom is -0.462 e. The number of urea groups is 1. The number of carbonyl (C=O) groups is 2. The van der Waals surface area contributed by atoms with Gasteiger partial charge in [-0.1, -0.05) is 53.7 Å². The fraction of sp³-hybridized carbons (Fsp3) is 0.241. The number of ether oxygens (including phenoxy) is 1.